The van der Waals surface area contributed by atoms with E-state index in [1.54, 1.807) is 25.3 Å². The average Bonchev–Trinajstić information content (AvgIpc) is 3.20. The molecule has 0 aromatic heterocycles. The third-order valence-corrected chi connectivity index (χ3v) is 6.24. The molecule has 0 aliphatic carbocycles. The quantitative estimate of drug-likeness (QED) is 0.286. The van der Waals surface area contributed by atoms with E-state index in [1.165, 1.54) is 17.7 Å². The zero-order valence-corrected chi connectivity index (χ0v) is 19.4. The highest BCUT2D eigenvalue weighted by Gasteiger charge is 2.35. The highest BCUT2D eigenvalue weighted by molar-refractivity contribution is 6.15. The number of ketones is 1. The van der Waals surface area contributed by atoms with Crippen molar-refractivity contribution < 1.29 is 23.9 Å². The number of carbonyl (C=O) groups is 1. The van der Waals surface area contributed by atoms with Gasteiger partial charge in [0.1, 0.15) is 24.0 Å². The number of ether oxygens (including phenoxy) is 3. The van der Waals surface area contributed by atoms with Gasteiger partial charge in [-0.05, 0) is 54.3 Å². The van der Waals surface area contributed by atoms with E-state index in [0.29, 0.717) is 35.9 Å². The van der Waals surface area contributed by atoms with Gasteiger partial charge >= 0.3 is 0 Å². The summed E-state index contributed by atoms with van der Waals surface area (Å²) in [6, 6.07) is 16.0. The molecule has 35 heavy (non-hydrogen) atoms. The first-order valence-corrected chi connectivity index (χ1v) is 11.3. The van der Waals surface area contributed by atoms with Gasteiger partial charge in [0.05, 0.1) is 23.2 Å². The molecule has 8 nitrogen and oxygen atoms in total. The molecule has 0 amide bonds. The maximum Gasteiger partial charge on any atom is 0.270 e. The third kappa shape index (κ3) is 4.48. The van der Waals surface area contributed by atoms with Crippen LogP contribution >= 0.6 is 0 Å². The molecule has 0 bridgehead atoms. The Kier molecular flexibility index (Phi) is 5.96. The molecule has 0 spiro atoms. The summed E-state index contributed by atoms with van der Waals surface area (Å²) < 4.78 is 17.3. The minimum atomic E-state index is -0.466. The number of aryl methyl sites for hydroxylation is 1. The van der Waals surface area contributed by atoms with E-state index in [-0.39, 0.29) is 17.2 Å². The van der Waals surface area contributed by atoms with E-state index < -0.39 is 4.92 Å². The van der Waals surface area contributed by atoms with Crippen LogP contribution in [0.15, 0.2) is 60.4 Å². The van der Waals surface area contributed by atoms with Crippen LogP contribution in [0.5, 0.6) is 17.2 Å². The Hall–Kier alpha value is -4.17. The number of benzene rings is 3. The summed E-state index contributed by atoms with van der Waals surface area (Å²) in [6.45, 7) is 3.67. The smallest absolute Gasteiger partial charge is 0.270 e. The van der Waals surface area contributed by atoms with Crippen molar-refractivity contribution in [1.29, 1.82) is 0 Å². The van der Waals surface area contributed by atoms with Crippen LogP contribution in [0.2, 0.25) is 0 Å². The van der Waals surface area contributed by atoms with E-state index >= 15 is 0 Å². The van der Waals surface area contributed by atoms with E-state index in [2.05, 4.69) is 4.90 Å². The molecule has 3 aromatic carbocycles. The number of hydrogen-bond acceptors (Lipinski definition) is 7. The predicted octanol–water partition coefficient (Wildman–Crippen LogP) is 4.92. The summed E-state index contributed by atoms with van der Waals surface area (Å²) in [5.41, 5.74) is 3.80. The number of Topliss-reactive ketones (excluding diaryl/α,β-unsaturated/α-hetero) is 1. The number of carbonyl (C=O) groups excluding carboxylic acids is 1. The second-order valence-electron chi connectivity index (χ2n) is 8.59. The number of nitro benzene ring substituents is 1. The Morgan fingerprint density at radius 3 is 2.71 bits per heavy atom. The molecule has 5 rings (SSSR count). The standard InChI is InChI=1S/C27H24N2O6/c1-17-12-23-22(15-28(16-34-23)11-10-18-6-8-21(33-2)9-7-18)27-25(17)26(30)24(35-27)14-19-4-3-5-20(13-19)29(31)32/h3-9,12-14H,10-11,15-16H2,1-2H3/b24-14+. The van der Waals surface area contributed by atoms with Crippen LogP contribution in [0.3, 0.4) is 0 Å². The van der Waals surface area contributed by atoms with Gasteiger partial charge in [-0.15, -0.1) is 0 Å². The summed E-state index contributed by atoms with van der Waals surface area (Å²) in [5, 5.41) is 11.1. The van der Waals surface area contributed by atoms with Crippen LogP contribution in [0.4, 0.5) is 5.69 Å². The third-order valence-electron chi connectivity index (χ3n) is 6.24. The van der Waals surface area contributed by atoms with Gasteiger partial charge in [0.15, 0.2) is 5.76 Å². The number of hydrogen-bond donors (Lipinski definition) is 0. The van der Waals surface area contributed by atoms with Crippen molar-refractivity contribution in [2.45, 2.75) is 19.9 Å². The first kappa shape index (κ1) is 22.6. The fraction of sp³-hybridized carbons (Fsp3) is 0.222. The van der Waals surface area contributed by atoms with Crippen LogP contribution in [0, 0.1) is 17.0 Å². The van der Waals surface area contributed by atoms with Gasteiger partial charge in [-0.1, -0.05) is 24.3 Å². The summed E-state index contributed by atoms with van der Waals surface area (Å²) in [4.78, 5) is 26.0. The second-order valence-corrected chi connectivity index (χ2v) is 8.59. The summed E-state index contributed by atoms with van der Waals surface area (Å²) >= 11 is 0. The Balaban J connectivity index is 1.37. The average molecular weight is 472 g/mol. The van der Waals surface area contributed by atoms with Gasteiger partial charge in [-0.3, -0.25) is 19.8 Å². The molecule has 8 heteroatoms. The lowest BCUT2D eigenvalue weighted by atomic mass is 9.98. The summed E-state index contributed by atoms with van der Waals surface area (Å²) in [6.07, 6.45) is 2.39. The number of non-ortho nitro benzene ring substituents is 1. The lowest BCUT2D eigenvalue weighted by molar-refractivity contribution is -0.384. The van der Waals surface area contributed by atoms with Gasteiger partial charge < -0.3 is 14.2 Å². The molecule has 0 atom stereocenters. The summed E-state index contributed by atoms with van der Waals surface area (Å²) in [7, 11) is 1.65. The van der Waals surface area contributed by atoms with Crippen LogP contribution in [-0.2, 0) is 13.0 Å². The Labute approximate surface area is 202 Å². The molecule has 0 saturated carbocycles. The van der Waals surface area contributed by atoms with Crippen molar-refractivity contribution in [3.05, 3.63) is 98.3 Å². The van der Waals surface area contributed by atoms with Gasteiger partial charge in [0.2, 0.25) is 5.78 Å². The second kappa shape index (κ2) is 9.23. The highest BCUT2D eigenvalue weighted by Crippen LogP contribution is 2.44. The zero-order chi connectivity index (χ0) is 24.5. The number of allylic oxidation sites excluding steroid dienone is 1. The topological polar surface area (TPSA) is 91.1 Å². The van der Waals surface area contributed by atoms with Crippen molar-refractivity contribution >= 4 is 17.5 Å². The van der Waals surface area contributed by atoms with Crippen molar-refractivity contribution in [2.24, 2.45) is 0 Å². The van der Waals surface area contributed by atoms with E-state index in [9.17, 15) is 14.9 Å². The van der Waals surface area contributed by atoms with Gasteiger partial charge in [0.25, 0.3) is 5.69 Å². The van der Waals surface area contributed by atoms with Crippen molar-refractivity contribution in [3.8, 4) is 17.2 Å². The molecule has 3 aromatic rings. The zero-order valence-electron chi connectivity index (χ0n) is 19.4. The Morgan fingerprint density at radius 2 is 1.97 bits per heavy atom. The molecule has 2 aliphatic heterocycles. The van der Waals surface area contributed by atoms with Crippen molar-refractivity contribution in [3.63, 3.8) is 0 Å². The SMILES string of the molecule is COc1ccc(CCN2COc3cc(C)c4c(c3C2)O/C(=C/c2cccc([N+](=O)[O-])c2)C4=O)cc1. The first-order valence-electron chi connectivity index (χ1n) is 11.3. The number of rotatable bonds is 6. The molecule has 0 unspecified atom stereocenters. The van der Waals surface area contributed by atoms with Crippen LogP contribution < -0.4 is 14.2 Å². The largest absolute Gasteiger partial charge is 0.497 e. The first-order chi connectivity index (χ1) is 16.9. The van der Waals surface area contributed by atoms with E-state index in [0.717, 1.165) is 29.8 Å². The summed E-state index contributed by atoms with van der Waals surface area (Å²) in [5.74, 6) is 1.96. The van der Waals surface area contributed by atoms with Crippen molar-refractivity contribution in [1.82, 2.24) is 4.90 Å². The molecule has 178 valence electrons. The Bertz CT molecular complexity index is 1350. The van der Waals surface area contributed by atoms with Gasteiger partial charge in [-0.2, -0.15) is 0 Å². The normalized spacial score (nSPS) is 15.8. The minimum Gasteiger partial charge on any atom is -0.497 e. The highest BCUT2D eigenvalue weighted by atomic mass is 16.6. The van der Waals surface area contributed by atoms with Gasteiger partial charge in [0, 0.05) is 25.2 Å². The lowest BCUT2D eigenvalue weighted by Crippen LogP contribution is -2.33. The number of fused-ring (bicyclic) bond motifs is 3. The molecular weight excluding hydrogens is 448 g/mol. The van der Waals surface area contributed by atoms with E-state index in [1.807, 2.05) is 37.3 Å². The number of nitrogens with zero attached hydrogens (tertiary/aromatic N) is 2. The number of methoxy groups -OCH3 is 1. The molecule has 2 aliphatic rings. The van der Waals surface area contributed by atoms with Gasteiger partial charge in [-0.25, -0.2) is 0 Å². The molecule has 0 saturated heterocycles. The van der Waals surface area contributed by atoms with E-state index in [4.69, 9.17) is 14.2 Å². The fourth-order valence-electron chi connectivity index (χ4n) is 4.38. The molecule has 0 radical (unpaired) electrons. The molecule has 0 fully saturated rings. The number of nitro groups is 1. The molecular formula is C27H24N2O6. The Morgan fingerprint density at radius 1 is 1.17 bits per heavy atom. The van der Waals surface area contributed by atoms with Crippen molar-refractivity contribution in [2.75, 3.05) is 20.4 Å². The lowest BCUT2D eigenvalue weighted by Gasteiger charge is -2.30. The molecule has 0 N–H and O–H groups in total. The maximum absolute atomic E-state index is 13.2. The minimum absolute atomic E-state index is 0.0447. The molecule has 2 heterocycles. The van der Waals surface area contributed by atoms with Crippen LogP contribution in [0.1, 0.15) is 32.6 Å². The van der Waals surface area contributed by atoms with Crippen LogP contribution in [0.25, 0.3) is 6.08 Å². The van der Waals surface area contributed by atoms with Crippen LogP contribution in [-0.4, -0.2) is 36.0 Å². The predicted molar refractivity (Wildman–Crippen MR) is 130 cm³/mol. The fourth-order valence-corrected chi connectivity index (χ4v) is 4.38. The monoisotopic (exact) mass is 472 g/mol. The maximum atomic E-state index is 13.2.